The lowest BCUT2D eigenvalue weighted by atomic mass is 10.0. The topological polar surface area (TPSA) is 0 Å². The molecule has 0 aliphatic rings. The highest BCUT2D eigenvalue weighted by atomic mass is 35.5. The third kappa shape index (κ3) is 54.9. The number of hydrogen-bond donors (Lipinski definition) is 0. The normalized spacial score (nSPS) is 12.6. The molecule has 0 aromatic heterocycles. The molecule has 63 heavy (non-hydrogen) atoms. The zero-order valence-corrected chi connectivity index (χ0v) is 44.3. The molecule has 0 radical (unpaired) electrons. The Kier molecular flexibility index (Phi) is 57.5. The van der Waals surface area contributed by atoms with Crippen LogP contribution in [0.4, 0.5) is 0 Å². The van der Waals surface area contributed by atoms with E-state index in [0.717, 1.165) is 19.3 Å². The standard InChI is InChI=1S/C61H114N.ClH/c1-5-8-11-14-17-20-23-26-29-32-35-38-41-44-47-50-53-56-59-62(4,60-57-54-51-48-45-42-39-36-33-30-27-24-21-18-15-12-9-6-2)61-58-55-52-49-46-43-40-37-34-31-28-25-22-19-16-13-10-7-3;/h17-22,26-31H,5-16,23-25,32-61H2,1-4H3;1H/q+1;/p-1/b20-17-,21-18-,22-19-,29-26-,30-27-,31-28-;. The molecule has 370 valence electrons. The van der Waals surface area contributed by atoms with Gasteiger partial charge in [-0.3, -0.25) is 0 Å². The molecule has 0 amide bonds. The third-order valence-electron chi connectivity index (χ3n) is 13.2. The number of unbranched alkanes of at least 4 members (excludes halogenated alkanes) is 33. The first-order valence-corrected chi connectivity index (χ1v) is 28.4. The van der Waals surface area contributed by atoms with E-state index in [2.05, 4.69) is 101 Å². The zero-order chi connectivity index (χ0) is 44.8. The average molecular weight is 897 g/mol. The number of halogens is 1. The van der Waals surface area contributed by atoms with Gasteiger partial charge in [0.05, 0.1) is 26.7 Å². The van der Waals surface area contributed by atoms with Crippen LogP contribution in [0.3, 0.4) is 0 Å². The van der Waals surface area contributed by atoms with Crippen molar-refractivity contribution in [2.75, 3.05) is 26.7 Å². The molecule has 1 nitrogen and oxygen atoms in total. The molecule has 0 N–H and O–H groups in total. The highest BCUT2D eigenvalue weighted by molar-refractivity contribution is 4.94. The van der Waals surface area contributed by atoms with Crippen molar-refractivity contribution in [3.8, 4) is 0 Å². The molecular formula is C61H114ClN. The number of allylic oxidation sites excluding steroid dienone is 12. The minimum Gasteiger partial charge on any atom is -1.00 e. The predicted octanol–water partition coefficient (Wildman–Crippen LogP) is 18.2. The molecule has 0 aliphatic heterocycles. The summed E-state index contributed by atoms with van der Waals surface area (Å²) < 4.78 is 1.34. The van der Waals surface area contributed by atoms with Gasteiger partial charge in [0.15, 0.2) is 0 Å². The summed E-state index contributed by atoms with van der Waals surface area (Å²) in [5.41, 5.74) is 0. The van der Waals surface area contributed by atoms with E-state index in [1.165, 1.54) is 275 Å². The van der Waals surface area contributed by atoms with Crippen LogP contribution < -0.4 is 12.4 Å². The van der Waals surface area contributed by atoms with Crippen molar-refractivity contribution in [3.05, 3.63) is 72.9 Å². The Morgan fingerprint density at radius 2 is 0.397 bits per heavy atom. The second-order valence-corrected chi connectivity index (χ2v) is 19.7. The summed E-state index contributed by atoms with van der Waals surface area (Å²) in [6.45, 7) is 11.1. The van der Waals surface area contributed by atoms with Crippen LogP contribution in [-0.4, -0.2) is 31.2 Å². The van der Waals surface area contributed by atoms with Gasteiger partial charge in [-0.05, 0) is 135 Å². The van der Waals surface area contributed by atoms with E-state index in [4.69, 9.17) is 0 Å². The van der Waals surface area contributed by atoms with Crippen LogP contribution >= 0.6 is 0 Å². The second kappa shape index (κ2) is 56.8. The van der Waals surface area contributed by atoms with Gasteiger partial charge in [-0.25, -0.2) is 0 Å². The van der Waals surface area contributed by atoms with Gasteiger partial charge >= 0.3 is 0 Å². The van der Waals surface area contributed by atoms with E-state index in [1.807, 2.05) is 0 Å². The number of rotatable bonds is 51. The van der Waals surface area contributed by atoms with Crippen molar-refractivity contribution < 1.29 is 16.9 Å². The fourth-order valence-electron chi connectivity index (χ4n) is 8.84. The maximum atomic E-state index is 2.62. The maximum absolute atomic E-state index is 2.62. The molecule has 0 saturated carbocycles. The minimum atomic E-state index is 0. The van der Waals surface area contributed by atoms with Gasteiger partial charge in [0.2, 0.25) is 0 Å². The molecule has 0 aromatic carbocycles. The van der Waals surface area contributed by atoms with E-state index in [9.17, 15) is 0 Å². The molecule has 0 fully saturated rings. The molecule has 0 aliphatic carbocycles. The lowest BCUT2D eigenvalue weighted by molar-refractivity contribution is -0.910. The van der Waals surface area contributed by atoms with Crippen molar-refractivity contribution >= 4 is 0 Å². The largest absolute Gasteiger partial charge is 1.00 e. The molecule has 0 aromatic rings. The van der Waals surface area contributed by atoms with Crippen molar-refractivity contribution in [3.63, 3.8) is 0 Å². The number of nitrogens with zero attached hydrogens (tertiary/aromatic N) is 1. The smallest absolute Gasteiger partial charge is 0.0784 e. The summed E-state index contributed by atoms with van der Waals surface area (Å²) in [6, 6.07) is 0. The lowest BCUT2D eigenvalue weighted by Crippen LogP contribution is -3.00. The van der Waals surface area contributed by atoms with Crippen LogP contribution in [0, 0.1) is 0 Å². The first kappa shape index (κ1) is 63.8. The maximum Gasteiger partial charge on any atom is 0.0784 e. The molecule has 2 heteroatoms. The molecule has 0 saturated heterocycles. The van der Waals surface area contributed by atoms with Gasteiger partial charge in [0.25, 0.3) is 0 Å². The minimum absolute atomic E-state index is 0. The molecule has 0 atom stereocenters. The highest BCUT2D eigenvalue weighted by Crippen LogP contribution is 2.18. The molecule has 0 rings (SSSR count). The summed E-state index contributed by atoms with van der Waals surface area (Å²) in [6.07, 6.45) is 86.0. The second-order valence-electron chi connectivity index (χ2n) is 19.7. The molecule has 0 unspecified atom stereocenters. The summed E-state index contributed by atoms with van der Waals surface area (Å²) in [4.78, 5) is 0. The lowest BCUT2D eigenvalue weighted by Gasteiger charge is -2.35. The Morgan fingerprint density at radius 3 is 0.603 bits per heavy atom. The highest BCUT2D eigenvalue weighted by Gasteiger charge is 2.20. The summed E-state index contributed by atoms with van der Waals surface area (Å²) in [5.74, 6) is 0. The Labute approximate surface area is 405 Å². The van der Waals surface area contributed by atoms with Gasteiger partial charge in [-0.15, -0.1) is 0 Å². The van der Waals surface area contributed by atoms with Crippen molar-refractivity contribution in [1.82, 2.24) is 0 Å². The summed E-state index contributed by atoms with van der Waals surface area (Å²) >= 11 is 0. The van der Waals surface area contributed by atoms with Gasteiger partial charge in [0, 0.05) is 0 Å². The summed E-state index contributed by atoms with van der Waals surface area (Å²) in [5, 5.41) is 0. The van der Waals surface area contributed by atoms with Crippen molar-refractivity contribution in [2.45, 2.75) is 290 Å². The Bertz CT molecular complexity index is 889. The number of quaternary nitrogens is 1. The molecular weight excluding hydrogens is 782 g/mol. The van der Waals surface area contributed by atoms with Gasteiger partial charge in [0.1, 0.15) is 0 Å². The molecule has 0 bridgehead atoms. The summed E-state index contributed by atoms with van der Waals surface area (Å²) in [7, 11) is 2.62. The van der Waals surface area contributed by atoms with Gasteiger partial charge < -0.3 is 16.9 Å². The quantitative estimate of drug-likeness (QED) is 0.0324. The van der Waals surface area contributed by atoms with Crippen molar-refractivity contribution in [2.24, 2.45) is 0 Å². The predicted molar refractivity (Wildman–Crippen MR) is 287 cm³/mol. The van der Waals surface area contributed by atoms with Gasteiger partial charge in [-0.2, -0.15) is 0 Å². The van der Waals surface area contributed by atoms with Crippen LogP contribution in [0.2, 0.25) is 0 Å². The Hall–Kier alpha value is -1.31. The monoisotopic (exact) mass is 896 g/mol. The number of hydrogen-bond acceptors (Lipinski definition) is 0. The van der Waals surface area contributed by atoms with Gasteiger partial charge in [-0.1, -0.05) is 229 Å². The third-order valence-corrected chi connectivity index (χ3v) is 13.2. The van der Waals surface area contributed by atoms with Crippen LogP contribution in [0.15, 0.2) is 72.9 Å². The molecule has 0 spiro atoms. The van der Waals surface area contributed by atoms with Crippen LogP contribution in [0.25, 0.3) is 0 Å². The van der Waals surface area contributed by atoms with E-state index in [0.29, 0.717) is 0 Å². The fraction of sp³-hybridized carbons (Fsp3) is 0.803. The zero-order valence-electron chi connectivity index (χ0n) is 43.6. The SMILES string of the molecule is CCCCC/C=C\C/C=C\CCCCCCCCCC[N+](C)(CCCCCCCCCC/C=C\C/C=C\CCCCC)CCCCCCCCCC/C=C\C/C=C\CCCCC.[Cl-]. The van der Waals surface area contributed by atoms with Crippen LogP contribution in [-0.2, 0) is 0 Å². The van der Waals surface area contributed by atoms with Crippen LogP contribution in [0.5, 0.6) is 0 Å². The fourth-order valence-corrected chi connectivity index (χ4v) is 8.84. The molecule has 0 heterocycles. The first-order valence-electron chi connectivity index (χ1n) is 28.4. The Morgan fingerprint density at radius 1 is 0.222 bits per heavy atom. The van der Waals surface area contributed by atoms with E-state index in [1.54, 1.807) is 0 Å². The van der Waals surface area contributed by atoms with Crippen LogP contribution in [0.1, 0.15) is 290 Å². The van der Waals surface area contributed by atoms with Crippen molar-refractivity contribution in [1.29, 1.82) is 0 Å². The first-order chi connectivity index (χ1) is 30.7. The average Bonchev–Trinajstić information content (AvgIpc) is 3.28. The van der Waals surface area contributed by atoms with E-state index < -0.39 is 0 Å². The Balaban J connectivity index is 0. The van der Waals surface area contributed by atoms with E-state index >= 15 is 0 Å². The van der Waals surface area contributed by atoms with E-state index in [-0.39, 0.29) is 12.4 Å².